The van der Waals surface area contributed by atoms with Gasteiger partial charge in [-0.2, -0.15) is 0 Å². The first-order valence-corrected chi connectivity index (χ1v) is 11.8. The van der Waals surface area contributed by atoms with E-state index in [9.17, 15) is 16.8 Å². The molecule has 2 N–H and O–H groups in total. The molecule has 0 unspecified atom stereocenters. The first-order chi connectivity index (χ1) is 12.2. The predicted octanol–water partition coefficient (Wildman–Crippen LogP) is 3.64. The summed E-state index contributed by atoms with van der Waals surface area (Å²) in [5.74, 6) is 0. The lowest BCUT2D eigenvalue weighted by atomic mass is 10.2. The Morgan fingerprint density at radius 3 is 2.42 bits per heavy atom. The molecule has 142 valence electrons. The zero-order valence-corrected chi connectivity index (χ0v) is 17.7. The first-order valence-electron chi connectivity index (χ1n) is 8.04. The van der Waals surface area contributed by atoms with Crippen LogP contribution in [-0.2, 0) is 20.0 Å². The molecule has 0 saturated carbocycles. The van der Waals surface area contributed by atoms with E-state index < -0.39 is 20.0 Å². The number of unbranched alkanes of at least 4 members (excludes halogenated alkanes) is 1. The summed E-state index contributed by atoms with van der Waals surface area (Å²) in [4.78, 5) is 0.140. The fourth-order valence-corrected chi connectivity index (χ4v) is 5.22. The summed E-state index contributed by atoms with van der Waals surface area (Å²) < 4.78 is 55.5. The number of halogens is 1. The van der Waals surface area contributed by atoms with Gasteiger partial charge in [0.1, 0.15) is 0 Å². The van der Waals surface area contributed by atoms with Crippen LogP contribution in [0.4, 0.5) is 5.69 Å². The van der Waals surface area contributed by atoms with Gasteiger partial charge in [0.05, 0.1) is 15.5 Å². The van der Waals surface area contributed by atoms with E-state index in [1.807, 2.05) is 6.92 Å². The van der Waals surface area contributed by atoms with E-state index in [-0.39, 0.29) is 15.5 Å². The van der Waals surface area contributed by atoms with Crippen LogP contribution < -0.4 is 9.44 Å². The molecule has 2 aromatic carbocycles. The van der Waals surface area contributed by atoms with E-state index in [1.54, 1.807) is 19.1 Å². The molecular weight excluding hydrogens is 440 g/mol. The zero-order chi connectivity index (χ0) is 19.4. The minimum absolute atomic E-state index is 0.0137. The lowest BCUT2D eigenvalue weighted by molar-refractivity contribution is 0.578. The van der Waals surface area contributed by atoms with Crippen LogP contribution in [0.15, 0.2) is 56.7 Å². The Balaban J connectivity index is 2.29. The molecule has 2 rings (SSSR count). The summed E-state index contributed by atoms with van der Waals surface area (Å²) in [6.07, 6.45) is 1.60. The fraction of sp³-hybridized carbons (Fsp3) is 0.294. The van der Waals surface area contributed by atoms with E-state index in [4.69, 9.17) is 0 Å². The number of hydrogen-bond donors (Lipinski definition) is 2. The molecule has 2 aromatic rings. The lowest BCUT2D eigenvalue weighted by Gasteiger charge is -2.12. The van der Waals surface area contributed by atoms with Crippen molar-refractivity contribution in [1.82, 2.24) is 4.72 Å². The Labute approximate surface area is 163 Å². The monoisotopic (exact) mass is 460 g/mol. The number of hydrogen-bond acceptors (Lipinski definition) is 4. The van der Waals surface area contributed by atoms with Crippen LogP contribution in [-0.4, -0.2) is 23.4 Å². The molecule has 0 saturated heterocycles. The molecule has 0 amide bonds. The summed E-state index contributed by atoms with van der Waals surface area (Å²) in [7, 11) is -7.53. The lowest BCUT2D eigenvalue weighted by Crippen LogP contribution is -2.25. The van der Waals surface area contributed by atoms with Crippen LogP contribution in [0.2, 0.25) is 0 Å². The average Bonchev–Trinajstić information content (AvgIpc) is 2.57. The Bertz CT molecular complexity index is 990. The number of rotatable bonds is 8. The molecule has 0 heterocycles. The molecule has 6 nitrogen and oxygen atoms in total. The maximum atomic E-state index is 12.6. The van der Waals surface area contributed by atoms with Crippen LogP contribution in [0.3, 0.4) is 0 Å². The fourth-order valence-electron chi connectivity index (χ4n) is 2.27. The standard InChI is InChI=1S/C17H21BrN2O4S2/c1-3-4-10-19-25(21,22)16-7-5-6-15(12-16)20-26(23,24)17-11-14(18)9-8-13(17)2/h5-9,11-12,19-20H,3-4,10H2,1-2H3. The average molecular weight is 461 g/mol. The zero-order valence-electron chi connectivity index (χ0n) is 14.5. The van der Waals surface area contributed by atoms with Crippen molar-refractivity contribution in [3.8, 4) is 0 Å². The molecule has 9 heteroatoms. The van der Waals surface area contributed by atoms with Gasteiger partial charge in [0.2, 0.25) is 10.0 Å². The molecule has 0 aromatic heterocycles. The van der Waals surface area contributed by atoms with Gasteiger partial charge in [-0.15, -0.1) is 0 Å². The molecule has 0 atom stereocenters. The highest BCUT2D eigenvalue weighted by atomic mass is 79.9. The summed E-state index contributed by atoms with van der Waals surface area (Å²) in [6, 6.07) is 10.7. The molecule has 0 bridgehead atoms. The third kappa shape index (κ3) is 5.29. The normalized spacial score (nSPS) is 12.1. The van der Waals surface area contributed by atoms with Crippen molar-refractivity contribution in [2.45, 2.75) is 36.5 Å². The largest absolute Gasteiger partial charge is 0.280 e. The van der Waals surface area contributed by atoms with Crippen molar-refractivity contribution in [3.05, 3.63) is 52.5 Å². The first kappa shape index (κ1) is 20.9. The molecule has 0 aliphatic heterocycles. The number of anilines is 1. The smallest absolute Gasteiger partial charge is 0.262 e. The quantitative estimate of drug-likeness (QED) is 0.588. The van der Waals surface area contributed by atoms with Crippen molar-refractivity contribution in [3.63, 3.8) is 0 Å². The third-order valence-corrected chi connectivity index (χ3v) is 7.13. The second-order valence-corrected chi connectivity index (χ2v) is 10.1. The molecule has 26 heavy (non-hydrogen) atoms. The van der Waals surface area contributed by atoms with Crippen LogP contribution in [0.1, 0.15) is 25.3 Å². The van der Waals surface area contributed by atoms with E-state index in [0.717, 1.165) is 12.8 Å². The highest BCUT2D eigenvalue weighted by Gasteiger charge is 2.19. The topological polar surface area (TPSA) is 92.3 Å². The third-order valence-electron chi connectivity index (χ3n) is 3.66. The predicted molar refractivity (Wildman–Crippen MR) is 106 cm³/mol. The summed E-state index contributed by atoms with van der Waals surface area (Å²) in [6.45, 7) is 4.00. The van der Waals surface area contributed by atoms with Crippen molar-refractivity contribution in [1.29, 1.82) is 0 Å². The van der Waals surface area contributed by atoms with Crippen molar-refractivity contribution >= 4 is 41.7 Å². The Kier molecular flexibility index (Phi) is 6.84. The van der Waals surface area contributed by atoms with Gasteiger partial charge >= 0.3 is 0 Å². The Morgan fingerprint density at radius 1 is 1.00 bits per heavy atom. The molecule has 0 fully saturated rings. The van der Waals surface area contributed by atoms with Gasteiger partial charge in [-0.25, -0.2) is 21.6 Å². The van der Waals surface area contributed by atoms with Gasteiger partial charge in [-0.3, -0.25) is 4.72 Å². The van der Waals surface area contributed by atoms with Crippen molar-refractivity contribution < 1.29 is 16.8 Å². The highest BCUT2D eigenvalue weighted by molar-refractivity contribution is 9.10. The van der Waals surface area contributed by atoms with Gasteiger partial charge in [-0.1, -0.05) is 41.4 Å². The van der Waals surface area contributed by atoms with Gasteiger partial charge in [-0.05, 0) is 49.2 Å². The SMILES string of the molecule is CCCCNS(=O)(=O)c1cccc(NS(=O)(=O)c2cc(Br)ccc2C)c1. The Morgan fingerprint density at radius 2 is 1.73 bits per heavy atom. The van der Waals surface area contributed by atoms with Crippen molar-refractivity contribution in [2.24, 2.45) is 0 Å². The van der Waals surface area contributed by atoms with Crippen LogP contribution in [0, 0.1) is 6.92 Å². The maximum absolute atomic E-state index is 12.6. The van der Waals surface area contributed by atoms with Gasteiger partial charge in [0, 0.05) is 11.0 Å². The van der Waals surface area contributed by atoms with Crippen molar-refractivity contribution in [2.75, 3.05) is 11.3 Å². The van der Waals surface area contributed by atoms with E-state index >= 15 is 0 Å². The van der Waals surface area contributed by atoms with Crippen LogP contribution in [0.25, 0.3) is 0 Å². The molecule has 0 spiro atoms. The van der Waals surface area contributed by atoms with Crippen LogP contribution in [0.5, 0.6) is 0 Å². The maximum Gasteiger partial charge on any atom is 0.262 e. The van der Waals surface area contributed by atoms with Gasteiger partial charge in [0.25, 0.3) is 10.0 Å². The van der Waals surface area contributed by atoms with E-state index in [0.29, 0.717) is 16.6 Å². The Hall–Kier alpha value is -1.42. The summed E-state index contributed by atoms with van der Waals surface area (Å²) >= 11 is 3.26. The van der Waals surface area contributed by atoms with Gasteiger partial charge in [0.15, 0.2) is 0 Å². The number of aryl methyl sites for hydroxylation is 1. The number of nitrogens with one attached hydrogen (secondary N) is 2. The minimum atomic E-state index is -3.84. The van der Waals surface area contributed by atoms with Gasteiger partial charge < -0.3 is 0 Å². The second-order valence-electron chi connectivity index (χ2n) is 5.79. The minimum Gasteiger partial charge on any atom is -0.280 e. The van der Waals surface area contributed by atoms with Crippen LogP contribution >= 0.6 is 15.9 Å². The summed E-state index contributed by atoms with van der Waals surface area (Å²) in [5.41, 5.74) is 0.772. The second kappa shape index (κ2) is 8.51. The molecule has 0 aliphatic carbocycles. The number of benzene rings is 2. The van der Waals surface area contributed by atoms with E-state index in [2.05, 4.69) is 25.4 Å². The summed E-state index contributed by atoms with van der Waals surface area (Å²) in [5, 5.41) is 0. The number of sulfonamides is 2. The molecular formula is C17H21BrN2O4S2. The molecule has 0 aliphatic rings. The highest BCUT2D eigenvalue weighted by Crippen LogP contribution is 2.24. The van der Waals surface area contributed by atoms with E-state index in [1.165, 1.54) is 30.3 Å². The molecule has 0 radical (unpaired) electrons.